The van der Waals surface area contributed by atoms with Crippen molar-refractivity contribution in [3.63, 3.8) is 0 Å². The molecule has 1 aromatic heterocycles. The molecule has 1 unspecified atom stereocenters. The maximum Gasteiger partial charge on any atom is 0.255 e. The van der Waals surface area contributed by atoms with Gasteiger partial charge in [-0.2, -0.15) is 0 Å². The predicted octanol–water partition coefficient (Wildman–Crippen LogP) is 2.10. The highest BCUT2D eigenvalue weighted by molar-refractivity contribution is 9.10. The zero-order valence-electron chi connectivity index (χ0n) is 11.9. The molecule has 0 aliphatic carbocycles. The number of carbonyl (C=O) groups excluding carboxylic acids is 1. The van der Waals surface area contributed by atoms with Gasteiger partial charge >= 0.3 is 0 Å². The summed E-state index contributed by atoms with van der Waals surface area (Å²) in [5, 5.41) is 6.08. The summed E-state index contributed by atoms with van der Waals surface area (Å²) in [5.41, 5.74) is 0.579. The maximum absolute atomic E-state index is 12.4. The molecular formula is C14H21BrN4O. The number of pyridine rings is 1. The Morgan fingerprint density at radius 3 is 3.10 bits per heavy atom. The lowest BCUT2D eigenvalue weighted by molar-refractivity contribution is 0.0906. The Balaban J connectivity index is 2.06. The van der Waals surface area contributed by atoms with Gasteiger partial charge in [-0.1, -0.05) is 6.92 Å². The van der Waals surface area contributed by atoms with Gasteiger partial charge in [-0.3, -0.25) is 4.79 Å². The van der Waals surface area contributed by atoms with Crippen LogP contribution in [-0.2, 0) is 0 Å². The third kappa shape index (κ3) is 3.70. The van der Waals surface area contributed by atoms with Crippen molar-refractivity contribution in [3.8, 4) is 0 Å². The molecule has 6 heteroatoms. The maximum atomic E-state index is 12.4. The SMILES string of the molecule is CCN1CCCC(NC(=O)c2cc(Br)cnc2NC)C1. The fourth-order valence-electron chi connectivity index (χ4n) is 2.54. The Hall–Kier alpha value is -1.14. The summed E-state index contributed by atoms with van der Waals surface area (Å²) in [7, 11) is 1.77. The molecule has 1 fully saturated rings. The fraction of sp³-hybridized carbons (Fsp3) is 0.571. The molecule has 1 amide bonds. The number of hydrogen-bond donors (Lipinski definition) is 2. The Morgan fingerprint density at radius 2 is 2.40 bits per heavy atom. The third-order valence-corrected chi connectivity index (χ3v) is 4.06. The number of carbonyl (C=O) groups is 1. The summed E-state index contributed by atoms with van der Waals surface area (Å²) in [6, 6.07) is 2.02. The largest absolute Gasteiger partial charge is 0.372 e. The van der Waals surface area contributed by atoms with E-state index in [9.17, 15) is 4.79 Å². The van der Waals surface area contributed by atoms with Gasteiger partial charge in [0.05, 0.1) is 5.56 Å². The van der Waals surface area contributed by atoms with E-state index in [0.29, 0.717) is 11.4 Å². The minimum absolute atomic E-state index is 0.0638. The molecular weight excluding hydrogens is 320 g/mol. The molecule has 1 aliphatic rings. The number of nitrogens with one attached hydrogen (secondary N) is 2. The molecule has 1 atom stereocenters. The second kappa shape index (κ2) is 7.04. The second-order valence-corrected chi connectivity index (χ2v) is 5.92. The first kappa shape index (κ1) is 15.3. The van der Waals surface area contributed by atoms with E-state index in [4.69, 9.17) is 0 Å². The van der Waals surface area contributed by atoms with Crippen molar-refractivity contribution >= 4 is 27.7 Å². The lowest BCUT2D eigenvalue weighted by Crippen LogP contribution is -2.47. The van der Waals surface area contributed by atoms with Gasteiger partial charge in [0, 0.05) is 30.3 Å². The average molecular weight is 341 g/mol. The van der Waals surface area contributed by atoms with Crippen LogP contribution in [0, 0.1) is 0 Å². The summed E-state index contributed by atoms with van der Waals surface area (Å²) in [4.78, 5) is 19.0. The van der Waals surface area contributed by atoms with Gasteiger partial charge in [-0.25, -0.2) is 4.98 Å². The van der Waals surface area contributed by atoms with Gasteiger partial charge < -0.3 is 15.5 Å². The van der Waals surface area contributed by atoms with E-state index in [2.05, 4.69) is 43.4 Å². The summed E-state index contributed by atoms with van der Waals surface area (Å²) >= 11 is 3.36. The van der Waals surface area contributed by atoms with Gasteiger partial charge in [-0.15, -0.1) is 0 Å². The Labute approximate surface area is 128 Å². The van der Waals surface area contributed by atoms with E-state index in [-0.39, 0.29) is 11.9 Å². The molecule has 5 nitrogen and oxygen atoms in total. The van der Waals surface area contributed by atoms with Gasteiger partial charge in [0.25, 0.3) is 5.91 Å². The number of anilines is 1. The third-order valence-electron chi connectivity index (χ3n) is 3.62. The van der Waals surface area contributed by atoms with Crippen LogP contribution in [-0.4, -0.2) is 48.5 Å². The van der Waals surface area contributed by atoms with Crippen LogP contribution in [0.3, 0.4) is 0 Å². The van der Waals surface area contributed by atoms with Crippen molar-refractivity contribution in [1.82, 2.24) is 15.2 Å². The number of hydrogen-bond acceptors (Lipinski definition) is 4. The molecule has 20 heavy (non-hydrogen) atoms. The molecule has 0 spiro atoms. The van der Waals surface area contributed by atoms with Gasteiger partial charge in [0.2, 0.25) is 0 Å². The molecule has 2 heterocycles. The molecule has 110 valence electrons. The standard InChI is InChI=1S/C14H21BrN4O/c1-3-19-6-4-5-11(9-19)18-14(20)12-7-10(15)8-17-13(12)16-2/h7-8,11H,3-6,9H2,1-2H3,(H,16,17)(H,18,20). The van der Waals surface area contributed by atoms with Gasteiger partial charge in [0.15, 0.2) is 0 Å². The van der Waals surface area contributed by atoms with Crippen LogP contribution >= 0.6 is 15.9 Å². The zero-order chi connectivity index (χ0) is 14.5. The number of likely N-dealkylation sites (tertiary alicyclic amines) is 1. The number of amides is 1. The molecule has 2 N–H and O–H groups in total. The van der Waals surface area contributed by atoms with E-state index in [0.717, 1.165) is 36.9 Å². The molecule has 2 rings (SSSR count). The van der Waals surface area contributed by atoms with Crippen LogP contribution in [0.5, 0.6) is 0 Å². The number of rotatable bonds is 4. The smallest absolute Gasteiger partial charge is 0.255 e. The first-order valence-corrected chi connectivity index (χ1v) is 7.79. The molecule has 0 radical (unpaired) electrons. The first-order chi connectivity index (χ1) is 9.63. The van der Waals surface area contributed by atoms with Crippen molar-refractivity contribution in [3.05, 3.63) is 22.3 Å². The Kier molecular flexibility index (Phi) is 5.37. The molecule has 1 aromatic rings. The van der Waals surface area contributed by atoms with Crippen LogP contribution in [0.4, 0.5) is 5.82 Å². The minimum Gasteiger partial charge on any atom is -0.372 e. The molecule has 1 aliphatic heterocycles. The number of likely N-dealkylation sites (N-methyl/N-ethyl adjacent to an activating group) is 1. The summed E-state index contributed by atoms with van der Waals surface area (Å²) in [6.07, 6.45) is 3.86. The molecule has 0 bridgehead atoms. The number of aromatic nitrogens is 1. The van der Waals surface area contributed by atoms with Crippen LogP contribution in [0.1, 0.15) is 30.1 Å². The monoisotopic (exact) mass is 340 g/mol. The summed E-state index contributed by atoms with van der Waals surface area (Å²) in [6.45, 7) is 5.25. The highest BCUT2D eigenvalue weighted by Gasteiger charge is 2.22. The van der Waals surface area contributed by atoms with Crippen LogP contribution in [0.25, 0.3) is 0 Å². The highest BCUT2D eigenvalue weighted by atomic mass is 79.9. The van der Waals surface area contributed by atoms with Crippen LogP contribution in [0.15, 0.2) is 16.7 Å². The number of nitrogens with zero attached hydrogens (tertiary/aromatic N) is 2. The van der Waals surface area contributed by atoms with E-state index < -0.39 is 0 Å². The van der Waals surface area contributed by atoms with Crippen molar-refractivity contribution < 1.29 is 4.79 Å². The first-order valence-electron chi connectivity index (χ1n) is 7.00. The fourth-order valence-corrected chi connectivity index (χ4v) is 2.87. The predicted molar refractivity (Wildman–Crippen MR) is 84.1 cm³/mol. The van der Waals surface area contributed by atoms with Crippen LogP contribution < -0.4 is 10.6 Å². The van der Waals surface area contributed by atoms with Crippen LogP contribution in [0.2, 0.25) is 0 Å². The minimum atomic E-state index is -0.0638. The van der Waals surface area contributed by atoms with E-state index >= 15 is 0 Å². The highest BCUT2D eigenvalue weighted by Crippen LogP contribution is 2.18. The van der Waals surface area contributed by atoms with Crippen molar-refractivity contribution in [2.24, 2.45) is 0 Å². The summed E-state index contributed by atoms with van der Waals surface area (Å²) in [5.74, 6) is 0.542. The average Bonchev–Trinajstić information content (AvgIpc) is 2.47. The van der Waals surface area contributed by atoms with E-state index in [1.165, 1.54) is 0 Å². The number of piperidine rings is 1. The molecule has 1 saturated heterocycles. The lowest BCUT2D eigenvalue weighted by atomic mass is 10.1. The van der Waals surface area contributed by atoms with Crippen molar-refractivity contribution in [2.45, 2.75) is 25.8 Å². The zero-order valence-corrected chi connectivity index (χ0v) is 13.5. The second-order valence-electron chi connectivity index (χ2n) is 5.01. The van der Waals surface area contributed by atoms with Crippen molar-refractivity contribution in [2.75, 3.05) is 32.0 Å². The van der Waals surface area contributed by atoms with E-state index in [1.54, 1.807) is 19.3 Å². The van der Waals surface area contributed by atoms with Crippen molar-refractivity contribution in [1.29, 1.82) is 0 Å². The Morgan fingerprint density at radius 1 is 1.60 bits per heavy atom. The summed E-state index contributed by atoms with van der Waals surface area (Å²) < 4.78 is 0.806. The normalized spacial score (nSPS) is 19.6. The van der Waals surface area contributed by atoms with Gasteiger partial charge in [-0.05, 0) is 47.9 Å². The van der Waals surface area contributed by atoms with E-state index in [1.807, 2.05) is 0 Å². The topological polar surface area (TPSA) is 57.3 Å². The quantitative estimate of drug-likeness (QED) is 0.881. The lowest BCUT2D eigenvalue weighted by Gasteiger charge is -2.32. The van der Waals surface area contributed by atoms with Gasteiger partial charge in [0.1, 0.15) is 5.82 Å². The Bertz CT molecular complexity index is 480. The molecule has 0 aromatic carbocycles. The molecule has 0 saturated carbocycles. The number of halogens is 1.